The van der Waals surface area contributed by atoms with Crippen LogP contribution in [0.15, 0.2) is 69.2 Å². The van der Waals surface area contributed by atoms with Gasteiger partial charge in [0.2, 0.25) is 5.88 Å². The summed E-state index contributed by atoms with van der Waals surface area (Å²) < 4.78 is 16.0. The van der Waals surface area contributed by atoms with Gasteiger partial charge < -0.3 is 19.6 Å². The van der Waals surface area contributed by atoms with Crippen LogP contribution in [0.2, 0.25) is 5.02 Å². The van der Waals surface area contributed by atoms with Gasteiger partial charge in [0.05, 0.1) is 24.0 Å². The van der Waals surface area contributed by atoms with Gasteiger partial charge in [-0.05, 0) is 29.8 Å². The number of hydrogen-bond donors (Lipinski definition) is 1. The lowest BCUT2D eigenvalue weighted by Gasteiger charge is -2.27. The van der Waals surface area contributed by atoms with E-state index in [1.165, 1.54) is 7.11 Å². The van der Waals surface area contributed by atoms with Crippen LogP contribution >= 0.6 is 11.6 Å². The zero-order valence-electron chi connectivity index (χ0n) is 14.2. The van der Waals surface area contributed by atoms with Gasteiger partial charge in [0.15, 0.2) is 5.75 Å². The predicted octanol–water partition coefficient (Wildman–Crippen LogP) is 3.31. The van der Waals surface area contributed by atoms with Crippen molar-refractivity contribution in [1.29, 1.82) is 0 Å². The van der Waals surface area contributed by atoms with E-state index in [9.17, 15) is 9.59 Å². The van der Waals surface area contributed by atoms with Crippen LogP contribution in [0.5, 0.6) is 5.75 Å². The number of hydrogen-bond acceptors (Lipinski definition) is 6. The summed E-state index contributed by atoms with van der Waals surface area (Å²) in [6.45, 7) is 0. The molecule has 2 N–H and O–H groups in total. The van der Waals surface area contributed by atoms with Crippen molar-refractivity contribution < 1.29 is 18.7 Å². The molecule has 1 aromatic heterocycles. The molecule has 1 aliphatic rings. The van der Waals surface area contributed by atoms with Crippen LogP contribution in [-0.4, -0.2) is 13.1 Å². The lowest BCUT2D eigenvalue weighted by Crippen LogP contribution is -2.30. The smallest absolute Gasteiger partial charge is 0.344 e. The number of methoxy groups -OCH3 is 1. The maximum Gasteiger partial charge on any atom is 0.344 e. The number of nitrogens with two attached hydrogens (primary N) is 1. The Balaban J connectivity index is 2.07. The van der Waals surface area contributed by atoms with E-state index in [2.05, 4.69) is 0 Å². The van der Waals surface area contributed by atoms with Crippen LogP contribution in [0.1, 0.15) is 17.0 Å². The summed E-state index contributed by atoms with van der Waals surface area (Å²) in [7, 11) is 1.24. The fourth-order valence-electron chi connectivity index (χ4n) is 3.26. The molecule has 136 valence electrons. The van der Waals surface area contributed by atoms with Crippen molar-refractivity contribution in [2.45, 2.75) is 5.92 Å². The van der Waals surface area contributed by atoms with E-state index in [0.29, 0.717) is 21.6 Å². The second-order valence-electron chi connectivity index (χ2n) is 5.98. The van der Waals surface area contributed by atoms with Gasteiger partial charge in [-0.15, -0.1) is 0 Å². The van der Waals surface area contributed by atoms with Crippen LogP contribution < -0.4 is 16.1 Å². The van der Waals surface area contributed by atoms with Crippen LogP contribution in [-0.2, 0) is 9.53 Å². The minimum absolute atomic E-state index is 0.0369. The zero-order chi connectivity index (χ0) is 19.1. The summed E-state index contributed by atoms with van der Waals surface area (Å²) in [5, 5.41) is 1.10. The summed E-state index contributed by atoms with van der Waals surface area (Å²) in [6, 6.07) is 13.7. The first kappa shape index (κ1) is 17.2. The fraction of sp³-hybridized carbons (Fsp3) is 0.100. The van der Waals surface area contributed by atoms with Crippen LogP contribution in [0.3, 0.4) is 0 Å². The third kappa shape index (κ3) is 2.74. The molecular weight excluding hydrogens is 370 g/mol. The van der Waals surface area contributed by atoms with Gasteiger partial charge in [0.1, 0.15) is 11.2 Å². The van der Waals surface area contributed by atoms with Crippen molar-refractivity contribution in [3.05, 3.63) is 86.6 Å². The van der Waals surface area contributed by atoms with E-state index >= 15 is 0 Å². The average molecular weight is 384 g/mol. The molecule has 2 aromatic carbocycles. The highest BCUT2D eigenvalue weighted by Crippen LogP contribution is 2.44. The third-order valence-corrected chi connectivity index (χ3v) is 4.71. The number of halogens is 1. The molecule has 1 atom stereocenters. The summed E-state index contributed by atoms with van der Waals surface area (Å²) >= 11 is 5.98. The number of esters is 1. The molecule has 0 spiro atoms. The summed E-state index contributed by atoms with van der Waals surface area (Å²) in [6.07, 6.45) is 0. The number of carbonyl (C=O) groups excluding carboxylic acids is 1. The Kier molecular flexibility index (Phi) is 4.12. The number of benzene rings is 2. The van der Waals surface area contributed by atoms with Crippen molar-refractivity contribution in [2.75, 3.05) is 7.11 Å². The fourth-order valence-corrected chi connectivity index (χ4v) is 3.39. The molecule has 0 amide bonds. The molecule has 4 rings (SSSR count). The molecule has 0 unspecified atom stereocenters. The topological polar surface area (TPSA) is 91.8 Å². The monoisotopic (exact) mass is 383 g/mol. The normalized spacial score (nSPS) is 16.0. The van der Waals surface area contributed by atoms with E-state index in [1.54, 1.807) is 48.5 Å². The van der Waals surface area contributed by atoms with Gasteiger partial charge >= 0.3 is 11.6 Å². The molecule has 7 heteroatoms. The minimum Gasteiger partial charge on any atom is -0.465 e. The summed E-state index contributed by atoms with van der Waals surface area (Å²) in [5.41, 5.74) is 6.68. The first-order chi connectivity index (χ1) is 13.0. The van der Waals surface area contributed by atoms with E-state index < -0.39 is 17.5 Å². The molecule has 6 nitrogen and oxygen atoms in total. The van der Waals surface area contributed by atoms with Gasteiger partial charge in [0.25, 0.3) is 0 Å². The second-order valence-corrected chi connectivity index (χ2v) is 6.42. The van der Waals surface area contributed by atoms with Crippen LogP contribution in [0, 0.1) is 0 Å². The average Bonchev–Trinajstić information content (AvgIpc) is 2.67. The minimum atomic E-state index is -0.806. The number of ether oxygens (including phenoxy) is 2. The van der Waals surface area contributed by atoms with Crippen molar-refractivity contribution in [1.82, 2.24) is 0 Å². The maximum atomic E-state index is 12.8. The maximum absolute atomic E-state index is 12.8. The van der Waals surface area contributed by atoms with Gasteiger partial charge in [0, 0.05) is 5.02 Å². The lowest BCUT2D eigenvalue weighted by atomic mass is 9.83. The van der Waals surface area contributed by atoms with Gasteiger partial charge in [-0.2, -0.15) is 0 Å². The van der Waals surface area contributed by atoms with Crippen molar-refractivity contribution >= 4 is 28.5 Å². The molecule has 2 heterocycles. The molecule has 0 saturated carbocycles. The number of para-hydroxylation sites is 1. The Morgan fingerprint density at radius 1 is 1.15 bits per heavy atom. The molecule has 3 aromatic rings. The largest absolute Gasteiger partial charge is 0.465 e. The first-order valence-corrected chi connectivity index (χ1v) is 8.46. The molecule has 27 heavy (non-hydrogen) atoms. The molecule has 0 fully saturated rings. The Morgan fingerprint density at radius 2 is 1.85 bits per heavy atom. The lowest BCUT2D eigenvalue weighted by molar-refractivity contribution is -0.136. The standard InChI is InChI=1S/C20H14ClNO5/c1-25-19(23)16-14(10-6-8-11(21)9-7-10)15-17(27-18(16)22)12-4-2-3-5-13(12)26-20(15)24/h2-9,14H,22H2,1H3/t14-/m1/s1. The van der Waals surface area contributed by atoms with Crippen LogP contribution in [0.4, 0.5) is 0 Å². The second kappa shape index (κ2) is 6.48. The van der Waals surface area contributed by atoms with Crippen molar-refractivity contribution in [2.24, 2.45) is 5.73 Å². The summed E-state index contributed by atoms with van der Waals surface area (Å²) in [4.78, 5) is 25.2. The van der Waals surface area contributed by atoms with E-state index in [4.69, 9.17) is 31.2 Å². The Morgan fingerprint density at radius 3 is 2.56 bits per heavy atom. The predicted molar refractivity (Wildman–Crippen MR) is 99.6 cm³/mol. The molecule has 0 bridgehead atoms. The first-order valence-electron chi connectivity index (χ1n) is 8.08. The quantitative estimate of drug-likeness (QED) is 0.539. The molecule has 1 aliphatic heterocycles. The Labute approximate surface area is 158 Å². The van der Waals surface area contributed by atoms with E-state index in [1.807, 2.05) is 0 Å². The highest BCUT2D eigenvalue weighted by atomic mass is 35.5. The number of fused-ring (bicyclic) bond motifs is 3. The number of carbonyl (C=O) groups is 1. The Bertz CT molecular complexity index is 1150. The molecule has 0 aliphatic carbocycles. The Hall–Kier alpha value is -3.25. The van der Waals surface area contributed by atoms with Gasteiger partial charge in [-0.3, -0.25) is 0 Å². The number of rotatable bonds is 2. The van der Waals surface area contributed by atoms with E-state index in [0.717, 1.165) is 0 Å². The van der Waals surface area contributed by atoms with Gasteiger partial charge in [-0.1, -0.05) is 35.9 Å². The molecular formula is C20H14ClNO5. The highest BCUT2D eigenvalue weighted by molar-refractivity contribution is 6.30. The summed E-state index contributed by atoms with van der Waals surface area (Å²) in [5.74, 6) is -1.35. The van der Waals surface area contributed by atoms with Gasteiger partial charge in [-0.25, -0.2) is 9.59 Å². The van der Waals surface area contributed by atoms with Crippen molar-refractivity contribution in [3.63, 3.8) is 0 Å². The van der Waals surface area contributed by atoms with E-state index in [-0.39, 0.29) is 22.8 Å². The highest BCUT2D eigenvalue weighted by Gasteiger charge is 2.39. The molecule has 0 radical (unpaired) electrons. The van der Waals surface area contributed by atoms with Crippen molar-refractivity contribution in [3.8, 4) is 5.75 Å². The van der Waals surface area contributed by atoms with Crippen LogP contribution in [0.25, 0.3) is 11.0 Å². The zero-order valence-corrected chi connectivity index (χ0v) is 14.9. The third-order valence-electron chi connectivity index (χ3n) is 4.46. The molecule has 0 saturated heterocycles. The SMILES string of the molecule is COC(=O)C1=C(N)Oc2c(c(=O)oc3ccccc23)[C@H]1c1ccc(Cl)cc1.